The standard InChI is InChI=1S/C11H23NS/c1-3-11(9-13)8-12-6-4-5-10(2)7-12/h10-11,13H,3-9H2,1-2H3. The number of hydrogen-bond donors (Lipinski definition) is 1. The van der Waals surface area contributed by atoms with Crippen molar-refractivity contribution in [2.75, 3.05) is 25.4 Å². The number of piperidine rings is 1. The largest absolute Gasteiger partial charge is 0.303 e. The number of rotatable bonds is 4. The van der Waals surface area contributed by atoms with Crippen molar-refractivity contribution in [2.24, 2.45) is 11.8 Å². The monoisotopic (exact) mass is 201 g/mol. The highest BCUT2D eigenvalue weighted by atomic mass is 32.1. The summed E-state index contributed by atoms with van der Waals surface area (Å²) in [5.41, 5.74) is 0. The number of hydrogen-bond acceptors (Lipinski definition) is 2. The summed E-state index contributed by atoms with van der Waals surface area (Å²) in [5, 5.41) is 0. The SMILES string of the molecule is CCC(CS)CN1CCCC(C)C1. The van der Waals surface area contributed by atoms with Crippen LogP contribution in [0.25, 0.3) is 0 Å². The van der Waals surface area contributed by atoms with Crippen LogP contribution in [0.2, 0.25) is 0 Å². The lowest BCUT2D eigenvalue weighted by Crippen LogP contribution is -2.38. The van der Waals surface area contributed by atoms with E-state index in [0.717, 1.165) is 17.6 Å². The highest BCUT2D eigenvalue weighted by molar-refractivity contribution is 7.80. The van der Waals surface area contributed by atoms with Gasteiger partial charge in [-0.15, -0.1) is 0 Å². The minimum atomic E-state index is 0.800. The molecule has 0 amide bonds. The van der Waals surface area contributed by atoms with E-state index in [2.05, 4.69) is 31.4 Å². The number of likely N-dealkylation sites (tertiary alicyclic amines) is 1. The average Bonchev–Trinajstić information content (AvgIpc) is 2.14. The zero-order valence-electron chi connectivity index (χ0n) is 9.00. The summed E-state index contributed by atoms with van der Waals surface area (Å²) in [6.45, 7) is 8.53. The first kappa shape index (κ1) is 11.4. The Morgan fingerprint density at radius 2 is 2.31 bits per heavy atom. The molecule has 2 atom stereocenters. The average molecular weight is 201 g/mol. The molecule has 1 saturated heterocycles. The van der Waals surface area contributed by atoms with Gasteiger partial charge in [-0.1, -0.05) is 20.3 Å². The van der Waals surface area contributed by atoms with Crippen molar-refractivity contribution in [3.8, 4) is 0 Å². The highest BCUT2D eigenvalue weighted by Gasteiger charge is 2.18. The summed E-state index contributed by atoms with van der Waals surface area (Å²) in [7, 11) is 0. The van der Waals surface area contributed by atoms with Crippen LogP contribution in [0.5, 0.6) is 0 Å². The van der Waals surface area contributed by atoms with Gasteiger partial charge in [0.05, 0.1) is 0 Å². The topological polar surface area (TPSA) is 3.24 Å². The lowest BCUT2D eigenvalue weighted by Gasteiger charge is -2.33. The molecule has 0 spiro atoms. The van der Waals surface area contributed by atoms with Crippen LogP contribution in [-0.2, 0) is 0 Å². The number of thiol groups is 1. The van der Waals surface area contributed by atoms with Crippen molar-refractivity contribution in [3.63, 3.8) is 0 Å². The molecule has 0 saturated carbocycles. The third kappa shape index (κ3) is 3.90. The molecule has 0 radical (unpaired) electrons. The molecular weight excluding hydrogens is 178 g/mol. The van der Waals surface area contributed by atoms with Crippen molar-refractivity contribution in [3.05, 3.63) is 0 Å². The lowest BCUT2D eigenvalue weighted by molar-refractivity contribution is 0.163. The zero-order chi connectivity index (χ0) is 9.68. The molecule has 1 aliphatic rings. The molecule has 78 valence electrons. The van der Waals surface area contributed by atoms with Gasteiger partial charge in [0, 0.05) is 13.1 Å². The van der Waals surface area contributed by atoms with E-state index >= 15 is 0 Å². The zero-order valence-corrected chi connectivity index (χ0v) is 9.89. The van der Waals surface area contributed by atoms with Gasteiger partial charge in [-0.3, -0.25) is 0 Å². The summed E-state index contributed by atoms with van der Waals surface area (Å²) in [6, 6.07) is 0. The van der Waals surface area contributed by atoms with Gasteiger partial charge < -0.3 is 4.90 Å². The normalized spacial score (nSPS) is 27.5. The second-order valence-electron chi connectivity index (χ2n) is 4.46. The maximum absolute atomic E-state index is 4.39. The van der Waals surface area contributed by atoms with Crippen LogP contribution in [0.3, 0.4) is 0 Å². The molecule has 0 N–H and O–H groups in total. The first-order valence-electron chi connectivity index (χ1n) is 5.59. The Kier molecular flexibility index (Phi) is 5.18. The molecule has 1 nitrogen and oxygen atoms in total. The Morgan fingerprint density at radius 3 is 2.85 bits per heavy atom. The molecule has 1 heterocycles. The molecule has 0 bridgehead atoms. The van der Waals surface area contributed by atoms with Gasteiger partial charge >= 0.3 is 0 Å². The fourth-order valence-corrected chi connectivity index (χ4v) is 2.51. The third-order valence-electron chi connectivity index (χ3n) is 3.09. The second-order valence-corrected chi connectivity index (χ2v) is 4.83. The van der Waals surface area contributed by atoms with Crippen LogP contribution in [-0.4, -0.2) is 30.3 Å². The molecular formula is C11H23NS. The van der Waals surface area contributed by atoms with Gasteiger partial charge in [-0.2, -0.15) is 12.6 Å². The van der Waals surface area contributed by atoms with E-state index in [-0.39, 0.29) is 0 Å². The first-order chi connectivity index (χ1) is 6.26. The van der Waals surface area contributed by atoms with Crippen LogP contribution >= 0.6 is 12.6 Å². The fourth-order valence-electron chi connectivity index (χ4n) is 2.13. The fraction of sp³-hybridized carbons (Fsp3) is 1.00. The van der Waals surface area contributed by atoms with Crippen molar-refractivity contribution in [1.82, 2.24) is 4.90 Å². The van der Waals surface area contributed by atoms with Crippen LogP contribution in [0, 0.1) is 11.8 Å². The smallest absolute Gasteiger partial charge is 0.00175 e. The highest BCUT2D eigenvalue weighted by Crippen LogP contribution is 2.17. The Labute approximate surface area is 88.3 Å². The molecule has 13 heavy (non-hydrogen) atoms. The van der Waals surface area contributed by atoms with Crippen LogP contribution in [0.4, 0.5) is 0 Å². The Morgan fingerprint density at radius 1 is 1.54 bits per heavy atom. The quantitative estimate of drug-likeness (QED) is 0.684. The van der Waals surface area contributed by atoms with Gasteiger partial charge in [0.1, 0.15) is 0 Å². The lowest BCUT2D eigenvalue weighted by atomic mass is 9.98. The minimum Gasteiger partial charge on any atom is -0.303 e. The maximum atomic E-state index is 4.39. The summed E-state index contributed by atoms with van der Waals surface area (Å²) < 4.78 is 0. The summed E-state index contributed by atoms with van der Waals surface area (Å²) >= 11 is 4.39. The van der Waals surface area contributed by atoms with Crippen LogP contribution < -0.4 is 0 Å². The van der Waals surface area contributed by atoms with Crippen molar-refractivity contribution in [1.29, 1.82) is 0 Å². The van der Waals surface area contributed by atoms with E-state index in [1.165, 1.54) is 38.9 Å². The summed E-state index contributed by atoms with van der Waals surface area (Å²) in [5.74, 6) is 2.75. The summed E-state index contributed by atoms with van der Waals surface area (Å²) in [4.78, 5) is 2.62. The Balaban J connectivity index is 2.26. The van der Waals surface area contributed by atoms with Crippen molar-refractivity contribution in [2.45, 2.75) is 33.1 Å². The van der Waals surface area contributed by atoms with Gasteiger partial charge in [0.2, 0.25) is 0 Å². The predicted octanol–water partition coefficient (Wildman–Crippen LogP) is 2.67. The van der Waals surface area contributed by atoms with Crippen LogP contribution in [0.15, 0.2) is 0 Å². The van der Waals surface area contributed by atoms with Crippen LogP contribution in [0.1, 0.15) is 33.1 Å². The molecule has 0 aromatic heterocycles. The molecule has 1 rings (SSSR count). The van der Waals surface area contributed by atoms with E-state index in [1.54, 1.807) is 0 Å². The van der Waals surface area contributed by atoms with Gasteiger partial charge in [-0.25, -0.2) is 0 Å². The Hall–Kier alpha value is 0.310. The molecule has 1 aliphatic heterocycles. The molecule has 0 aromatic carbocycles. The van der Waals surface area contributed by atoms with E-state index in [1.807, 2.05) is 0 Å². The first-order valence-corrected chi connectivity index (χ1v) is 6.22. The van der Waals surface area contributed by atoms with E-state index in [0.29, 0.717) is 0 Å². The van der Waals surface area contributed by atoms with E-state index in [9.17, 15) is 0 Å². The van der Waals surface area contributed by atoms with Gasteiger partial charge in [0.15, 0.2) is 0 Å². The van der Waals surface area contributed by atoms with Crippen molar-refractivity contribution >= 4 is 12.6 Å². The van der Waals surface area contributed by atoms with Crippen molar-refractivity contribution < 1.29 is 0 Å². The minimum absolute atomic E-state index is 0.800. The number of nitrogens with zero attached hydrogens (tertiary/aromatic N) is 1. The molecule has 0 aliphatic carbocycles. The maximum Gasteiger partial charge on any atom is 0.00175 e. The summed E-state index contributed by atoms with van der Waals surface area (Å²) in [6.07, 6.45) is 4.09. The van der Waals surface area contributed by atoms with E-state index in [4.69, 9.17) is 0 Å². The second kappa shape index (κ2) is 5.92. The molecule has 2 heteroatoms. The molecule has 1 fully saturated rings. The Bertz CT molecular complexity index is 134. The molecule has 2 unspecified atom stereocenters. The third-order valence-corrected chi connectivity index (χ3v) is 3.61. The van der Waals surface area contributed by atoms with E-state index < -0.39 is 0 Å². The van der Waals surface area contributed by atoms with Gasteiger partial charge in [-0.05, 0) is 37.0 Å². The van der Waals surface area contributed by atoms with Gasteiger partial charge in [0.25, 0.3) is 0 Å². The predicted molar refractivity (Wildman–Crippen MR) is 62.5 cm³/mol. The molecule has 0 aromatic rings.